The Hall–Kier alpha value is -0.490. The lowest BCUT2D eigenvalue weighted by molar-refractivity contribution is -0.198. The first-order valence-electron chi connectivity index (χ1n) is 4.59. The summed E-state index contributed by atoms with van der Waals surface area (Å²) in [4.78, 5) is 9.44. The van der Waals surface area contributed by atoms with Gasteiger partial charge >= 0.3 is 0 Å². The Morgan fingerprint density at radius 2 is 1.86 bits per heavy atom. The van der Waals surface area contributed by atoms with E-state index in [0.29, 0.717) is 6.42 Å². The molecule has 14 heavy (non-hydrogen) atoms. The summed E-state index contributed by atoms with van der Waals surface area (Å²) >= 11 is 0. The van der Waals surface area contributed by atoms with Gasteiger partial charge < -0.3 is 25.5 Å². The predicted octanol–water partition coefficient (Wildman–Crippen LogP) is -0.603. The molecule has 1 unspecified atom stereocenters. The highest BCUT2D eigenvalue weighted by Crippen LogP contribution is 2.16. The summed E-state index contributed by atoms with van der Waals surface area (Å²) < 4.78 is 4.89. The van der Waals surface area contributed by atoms with Crippen molar-refractivity contribution in [3.8, 4) is 0 Å². The van der Waals surface area contributed by atoms with E-state index in [1.54, 1.807) is 6.92 Å². The first-order chi connectivity index (χ1) is 6.34. The number of ketones is 1. The van der Waals surface area contributed by atoms with Crippen molar-refractivity contribution in [2.45, 2.75) is 51.7 Å². The van der Waals surface area contributed by atoms with Crippen LogP contribution in [0.25, 0.3) is 0 Å². The molecular formula is C9H19NO4. The van der Waals surface area contributed by atoms with Gasteiger partial charge in [-0.2, -0.15) is 0 Å². The highest BCUT2D eigenvalue weighted by molar-refractivity contribution is 5.72. The molecule has 5 nitrogen and oxygen atoms in total. The third kappa shape index (κ3) is 5.29. The minimum absolute atomic E-state index is 0.167. The van der Waals surface area contributed by atoms with Gasteiger partial charge in [0.2, 0.25) is 0 Å². The molecule has 0 amide bonds. The van der Waals surface area contributed by atoms with Crippen LogP contribution in [0, 0.1) is 0 Å². The zero-order valence-corrected chi connectivity index (χ0v) is 8.80. The van der Waals surface area contributed by atoms with E-state index in [9.17, 15) is 9.90 Å². The molecule has 0 bridgehead atoms. The number of aliphatic hydroxyl groups is 2. The van der Waals surface area contributed by atoms with Crippen molar-refractivity contribution in [3.63, 3.8) is 0 Å². The molecule has 1 aliphatic heterocycles. The largest absolute Gasteiger partial charge is 0.389 e. The minimum Gasteiger partial charge on any atom is -0.389 e. The number of ether oxygens (including phenoxy) is 1. The van der Waals surface area contributed by atoms with Gasteiger partial charge in [-0.3, -0.25) is 0 Å². The Bertz CT molecular complexity index is 170. The number of nitrogens with two attached hydrogens (primary N) is 1. The van der Waals surface area contributed by atoms with E-state index >= 15 is 0 Å². The fourth-order valence-electron chi connectivity index (χ4n) is 1.10. The molecule has 0 spiro atoms. The SMILES string of the molecule is CC(C)=O.C[C@@H]1OC(O)C[C@@H](N)[C@H]1O. The molecule has 84 valence electrons. The molecule has 4 N–H and O–H groups in total. The van der Waals surface area contributed by atoms with Gasteiger partial charge in [-0.1, -0.05) is 0 Å². The Balaban J connectivity index is 0.000000364. The van der Waals surface area contributed by atoms with E-state index < -0.39 is 12.4 Å². The fraction of sp³-hybridized carbons (Fsp3) is 0.889. The fourth-order valence-corrected chi connectivity index (χ4v) is 1.10. The third-order valence-electron chi connectivity index (χ3n) is 1.77. The number of carbonyl (C=O) groups excluding carboxylic acids is 1. The Labute approximate surface area is 83.9 Å². The van der Waals surface area contributed by atoms with Crippen LogP contribution in [0.3, 0.4) is 0 Å². The molecule has 1 heterocycles. The van der Waals surface area contributed by atoms with E-state index in [4.69, 9.17) is 15.6 Å². The molecule has 0 aromatic heterocycles. The molecule has 1 rings (SSSR count). The highest BCUT2D eigenvalue weighted by Gasteiger charge is 2.31. The van der Waals surface area contributed by atoms with Gasteiger partial charge in [0, 0.05) is 12.5 Å². The van der Waals surface area contributed by atoms with Crippen LogP contribution in [0.2, 0.25) is 0 Å². The summed E-state index contributed by atoms with van der Waals surface area (Å²) in [5.74, 6) is 0.167. The van der Waals surface area contributed by atoms with Crippen LogP contribution in [-0.2, 0) is 9.53 Å². The first-order valence-corrected chi connectivity index (χ1v) is 4.59. The lowest BCUT2D eigenvalue weighted by Crippen LogP contribution is -2.51. The van der Waals surface area contributed by atoms with Crippen LogP contribution in [0.4, 0.5) is 0 Å². The second-order valence-electron chi connectivity index (χ2n) is 3.59. The van der Waals surface area contributed by atoms with Crippen molar-refractivity contribution >= 4 is 5.78 Å². The molecule has 0 saturated carbocycles. The summed E-state index contributed by atoms with van der Waals surface area (Å²) in [6, 6.07) is -0.362. The van der Waals surface area contributed by atoms with E-state index in [0.717, 1.165) is 0 Å². The predicted molar refractivity (Wildman–Crippen MR) is 51.5 cm³/mol. The average molecular weight is 205 g/mol. The van der Waals surface area contributed by atoms with Crippen LogP contribution >= 0.6 is 0 Å². The molecule has 1 fully saturated rings. The molecule has 0 radical (unpaired) electrons. The number of carbonyl (C=O) groups is 1. The standard InChI is InChI=1S/C6H13NO3.C3H6O/c1-3-6(9)4(7)2-5(8)10-3;1-3(2)4/h3-6,8-9H,2,7H2,1H3;1-2H3/t3-,4+,5?,6-;/m0./s1. The molecular weight excluding hydrogens is 186 g/mol. The molecule has 0 aromatic rings. The van der Waals surface area contributed by atoms with Crippen molar-refractivity contribution in [1.29, 1.82) is 0 Å². The van der Waals surface area contributed by atoms with Gasteiger partial charge in [-0.25, -0.2) is 0 Å². The van der Waals surface area contributed by atoms with Crippen LogP contribution in [-0.4, -0.2) is 40.5 Å². The van der Waals surface area contributed by atoms with Crippen LogP contribution < -0.4 is 5.73 Å². The number of aliphatic hydroxyl groups excluding tert-OH is 2. The quantitative estimate of drug-likeness (QED) is 0.491. The molecule has 0 aromatic carbocycles. The second-order valence-corrected chi connectivity index (χ2v) is 3.59. The van der Waals surface area contributed by atoms with E-state index in [2.05, 4.69) is 0 Å². The van der Waals surface area contributed by atoms with Crippen molar-refractivity contribution in [2.75, 3.05) is 0 Å². The second kappa shape index (κ2) is 6.08. The maximum atomic E-state index is 9.44. The Morgan fingerprint density at radius 1 is 1.43 bits per heavy atom. The Kier molecular flexibility index (Phi) is 5.87. The monoisotopic (exact) mass is 205 g/mol. The number of rotatable bonds is 0. The normalized spacial score (nSPS) is 37.0. The van der Waals surface area contributed by atoms with Crippen LogP contribution in [0.1, 0.15) is 27.2 Å². The molecule has 4 atom stereocenters. The Morgan fingerprint density at radius 3 is 2.21 bits per heavy atom. The van der Waals surface area contributed by atoms with Gasteiger partial charge in [-0.15, -0.1) is 0 Å². The smallest absolute Gasteiger partial charge is 0.156 e. The van der Waals surface area contributed by atoms with Crippen LogP contribution in [0.5, 0.6) is 0 Å². The first kappa shape index (κ1) is 13.5. The van der Waals surface area contributed by atoms with Crippen molar-refractivity contribution in [1.82, 2.24) is 0 Å². The lowest BCUT2D eigenvalue weighted by atomic mass is 10.0. The molecule has 5 heteroatoms. The summed E-state index contributed by atoms with van der Waals surface area (Å²) in [5.41, 5.74) is 5.47. The van der Waals surface area contributed by atoms with E-state index in [1.807, 2.05) is 0 Å². The molecule has 1 aliphatic rings. The highest BCUT2D eigenvalue weighted by atomic mass is 16.6. The zero-order valence-electron chi connectivity index (χ0n) is 8.80. The van der Waals surface area contributed by atoms with Crippen molar-refractivity contribution in [3.05, 3.63) is 0 Å². The maximum absolute atomic E-state index is 9.44. The van der Waals surface area contributed by atoms with Gasteiger partial charge in [0.05, 0.1) is 12.2 Å². The maximum Gasteiger partial charge on any atom is 0.156 e. The van der Waals surface area contributed by atoms with Crippen LogP contribution in [0.15, 0.2) is 0 Å². The third-order valence-corrected chi connectivity index (χ3v) is 1.77. The van der Waals surface area contributed by atoms with Crippen molar-refractivity contribution < 1.29 is 19.7 Å². The van der Waals surface area contributed by atoms with Crippen molar-refractivity contribution in [2.24, 2.45) is 5.73 Å². The summed E-state index contributed by atoms with van der Waals surface area (Å²) in [7, 11) is 0. The van der Waals surface area contributed by atoms with Gasteiger partial charge in [-0.05, 0) is 20.8 Å². The summed E-state index contributed by atoms with van der Waals surface area (Å²) in [6.07, 6.45) is -1.51. The average Bonchev–Trinajstić information content (AvgIpc) is 1.98. The summed E-state index contributed by atoms with van der Waals surface area (Å²) in [6.45, 7) is 4.74. The number of hydrogen-bond acceptors (Lipinski definition) is 5. The van der Waals surface area contributed by atoms with E-state index in [-0.39, 0.29) is 17.9 Å². The van der Waals surface area contributed by atoms with Gasteiger partial charge in [0.15, 0.2) is 6.29 Å². The van der Waals surface area contributed by atoms with Gasteiger partial charge in [0.1, 0.15) is 5.78 Å². The molecule has 1 saturated heterocycles. The zero-order chi connectivity index (χ0) is 11.3. The lowest BCUT2D eigenvalue weighted by Gasteiger charge is -2.33. The number of hydrogen-bond donors (Lipinski definition) is 3. The molecule has 0 aliphatic carbocycles. The minimum atomic E-state index is -0.812. The topological polar surface area (TPSA) is 92.8 Å². The van der Waals surface area contributed by atoms with E-state index in [1.165, 1.54) is 13.8 Å². The summed E-state index contributed by atoms with van der Waals surface area (Å²) in [5, 5.41) is 18.2. The number of Topliss-reactive ketones (excluding diaryl/α,β-unsaturated/α-hetero) is 1. The van der Waals surface area contributed by atoms with Gasteiger partial charge in [0.25, 0.3) is 0 Å².